The molecule has 1 amide bonds. The minimum atomic E-state index is -0.193. The number of piperidine rings is 1. The summed E-state index contributed by atoms with van der Waals surface area (Å²) < 4.78 is 0. The van der Waals surface area contributed by atoms with Gasteiger partial charge >= 0.3 is 0 Å². The van der Waals surface area contributed by atoms with Gasteiger partial charge in [-0.05, 0) is 54.7 Å². The number of nitrogens with one attached hydrogen (secondary N) is 2. The van der Waals surface area contributed by atoms with Crippen LogP contribution in [0.1, 0.15) is 54.5 Å². The number of anilines is 1. The van der Waals surface area contributed by atoms with Gasteiger partial charge in [0.2, 0.25) is 0 Å². The van der Waals surface area contributed by atoms with Gasteiger partial charge in [0.05, 0.1) is 5.01 Å². The van der Waals surface area contributed by atoms with E-state index in [1.54, 1.807) is 11.3 Å². The van der Waals surface area contributed by atoms with Crippen LogP contribution < -0.4 is 10.6 Å². The fraction of sp³-hybridized carbons (Fsp3) is 0.370. The van der Waals surface area contributed by atoms with Gasteiger partial charge in [-0.1, -0.05) is 62.2 Å². The molecule has 1 fully saturated rings. The third-order valence-electron chi connectivity index (χ3n) is 6.52. The molecule has 0 saturated carbocycles. The molecule has 184 valence electrons. The molecule has 1 aliphatic rings. The summed E-state index contributed by atoms with van der Waals surface area (Å²) in [4.78, 5) is 20.0. The maximum atomic E-state index is 13.0. The van der Waals surface area contributed by atoms with Gasteiger partial charge < -0.3 is 15.5 Å². The normalized spacial score (nSPS) is 15.0. The quantitative estimate of drug-likeness (QED) is 0.331. The summed E-state index contributed by atoms with van der Waals surface area (Å²) in [6, 6.07) is 15.4. The fourth-order valence-electron chi connectivity index (χ4n) is 4.09. The van der Waals surface area contributed by atoms with Crippen LogP contribution in [0.5, 0.6) is 0 Å². The van der Waals surface area contributed by atoms with Gasteiger partial charge in [0, 0.05) is 47.2 Å². The van der Waals surface area contributed by atoms with Crippen LogP contribution in [0.15, 0.2) is 53.9 Å². The van der Waals surface area contributed by atoms with Crippen LogP contribution in [0.25, 0.3) is 11.1 Å². The van der Waals surface area contributed by atoms with Gasteiger partial charge in [-0.2, -0.15) is 0 Å². The van der Waals surface area contributed by atoms with E-state index in [1.807, 2.05) is 53.9 Å². The number of aromatic nitrogens is 1. The van der Waals surface area contributed by atoms with Gasteiger partial charge in [-0.25, -0.2) is 4.98 Å². The Kier molecular flexibility index (Phi) is 8.76. The highest BCUT2D eigenvalue weighted by Gasteiger charge is 2.25. The van der Waals surface area contributed by atoms with Crippen LogP contribution in [0.2, 0.25) is 5.02 Å². The summed E-state index contributed by atoms with van der Waals surface area (Å²) in [5.41, 5.74) is 3.15. The molecule has 8 heteroatoms. The second-order valence-corrected chi connectivity index (χ2v) is 10.8. The van der Waals surface area contributed by atoms with E-state index < -0.39 is 0 Å². The highest BCUT2D eigenvalue weighted by atomic mass is 35.5. The van der Waals surface area contributed by atoms with Crippen LogP contribution in [0, 0.1) is 5.92 Å². The number of para-hydroxylation sites is 1. The number of thiocarbonyl (C=S) groups is 1. The lowest BCUT2D eigenvalue weighted by atomic mass is 9.98. The Morgan fingerprint density at radius 2 is 1.91 bits per heavy atom. The van der Waals surface area contributed by atoms with E-state index in [0.717, 1.165) is 65.8 Å². The molecule has 0 aliphatic carbocycles. The van der Waals surface area contributed by atoms with Crippen LogP contribution in [0.4, 0.5) is 5.69 Å². The lowest BCUT2D eigenvalue weighted by Gasteiger charge is -2.33. The lowest BCUT2D eigenvalue weighted by molar-refractivity contribution is 0.102. The van der Waals surface area contributed by atoms with E-state index in [9.17, 15) is 4.79 Å². The Labute approximate surface area is 221 Å². The van der Waals surface area contributed by atoms with Crippen molar-refractivity contribution >= 4 is 51.9 Å². The number of carbonyl (C=O) groups is 1. The van der Waals surface area contributed by atoms with Gasteiger partial charge in [0.25, 0.3) is 5.91 Å². The summed E-state index contributed by atoms with van der Waals surface area (Å²) in [5.74, 6) is 0.779. The van der Waals surface area contributed by atoms with Crippen molar-refractivity contribution in [2.45, 2.75) is 39.0 Å². The molecular formula is C27H31ClN4OS2. The molecule has 0 radical (unpaired) electrons. The molecule has 1 unspecified atom stereocenters. The highest BCUT2D eigenvalue weighted by Crippen LogP contribution is 2.32. The Bertz CT molecular complexity index is 1160. The molecule has 1 saturated heterocycles. The molecule has 1 atom stereocenters. The van der Waals surface area contributed by atoms with E-state index in [4.69, 9.17) is 28.8 Å². The standard InChI is InChI=1S/C27H31ClN4OS2/c1-3-18(2)16-29-27(34)32-14-12-20(13-15-32)26-31-24(17-35-26)25(33)30-23-7-5-4-6-22(23)19-8-10-21(28)11-9-19/h4-11,17-18,20H,3,12-16H2,1-2H3,(H,29,34)(H,30,33). The van der Waals surface area contributed by atoms with Gasteiger partial charge in [-0.3, -0.25) is 4.79 Å². The average Bonchev–Trinajstić information content (AvgIpc) is 3.39. The molecule has 1 aromatic heterocycles. The van der Waals surface area contributed by atoms with Gasteiger partial charge in [-0.15, -0.1) is 11.3 Å². The van der Waals surface area contributed by atoms with E-state index in [1.165, 1.54) is 0 Å². The highest BCUT2D eigenvalue weighted by molar-refractivity contribution is 7.80. The predicted molar refractivity (Wildman–Crippen MR) is 151 cm³/mol. The second-order valence-electron chi connectivity index (χ2n) is 9.04. The fourth-order valence-corrected chi connectivity index (χ4v) is 5.45. The molecule has 4 rings (SSSR count). The van der Waals surface area contributed by atoms with Crippen molar-refractivity contribution in [1.29, 1.82) is 0 Å². The Balaban J connectivity index is 1.36. The SMILES string of the molecule is CCC(C)CNC(=S)N1CCC(c2nc(C(=O)Nc3ccccc3-c3ccc(Cl)cc3)cs2)CC1. The minimum Gasteiger partial charge on any atom is -0.362 e. The average molecular weight is 527 g/mol. The second kappa shape index (κ2) is 12.0. The summed E-state index contributed by atoms with van der Waals surface area (Å²) in [5, 5.41) is 10.9. The number of nitrogens with zero attached hydrogens (tertiary/aromatic N) is 2. The van der Waals surface area contributed by atoms with E-state index in [2.05, 4.69) is 29.4 Å². The van der Waals surface area contributed by atoms with Crippen LogP contribution >= 0.6 is 35.2 Å². The molecule has 2 aromatic carbocycles. The largest absolute Gasteiger partial charge is 0.362 e. The van der Waals surface area contributed by atoms with Gasteiger partial charge in [0.15, 0.2) is 5.11 Å². The van der Waals surface area contributed by atoms with Crippen LogP contribution in [-0.4, -0.2) is 40.5 Å². The van der Waals surface area contributed by atoms with E-state index in [0.29, 0.717) is 22.6 Å². The summed E-state index contributed by atoms with van der Waals surface area (Å²) in [6.45, 7) is 7.16. The number of amides is 1. The van der Waals surface area contributed by atoms with Crippen molar-refractivity contribution in [2.75, 3.05) is 25.0 Å². The lowest BCUT2D eigenvalue weighted by Crippen LogP contribution is -2.45. The smallest absolute Gasteiger partial charge is 0.275 e. The number of thiazole rings is 1. The molecular weight excluding hydrogens is 496 g/mol. The molecule has 3 aromatic rings. The Morgan fingerprint density at radius 3 is 2.63 bits per heavy atom. The number of hydrogen-bond donors (Lipinski definition) is 2. The number of likely N-dealkylation sites (tertiary alicyclic amines) is 1. The predicted octanol–water partition coefficient (Wildman–Crippen LogP) is 6.82. The van der Waals surface area contributed by atoms with E-state index in [-0.39, 0.29) is 5.91 Å². The van der Waals surface area contributed by atoms with E-state index >= 15 is 0 Å². The zero-order chi connectivity index (χ0) is 24.8. The molecule has 0 bridgehead atoms. The monoisotopic (exact) mass is 526 g/mol. The first-order chi connectivity index (χ1) is 16.9. The number of halogens is 1. The third kappa shape index (κ3) is 6.60. The van der Waals surface area contributed by atoms with Crippen molar-refractivity contribution in [2.24, 2.45) is 5.92 Å². The van der Waals surface area contributed by atoms with Crippen molar-refractivity contribution in [3.63, 3.8) is 0 Å². The first-order valence-corrected chi connectivity index (χ1v) is 13.8. The van der Waals surface area contributed by atoms with Crippen LogP contribution in [-0.2, 0) is 0 Å². The molecule has 35 heavy (non-hydrogen) atoms. The Morgan fingerprint density at radius 1 is 1.20 bits per heavy atom. The number of carbonyl (C=O) groups excluding carboxylic acids is 1. The van der Waals surface area contributed by atoms with Crippen molar-refractivity contribution in [3.8, 4) is 11.1 Å². The molecule has 2 N–H and O–H groups in total. The molecule has 5 nitrogen and oxygen atoms in total. The Hall–Kier alpha value is -2.48. The third-order valence-corrected chi connectivity index (χ3v) is 8.18. The summed E-state index contributed by atoms with van der Waals surface area (Å²) in [6.07, 6.45) is 3.11. The zero-order valence-corrected chi connectivity index (χ0v) is 22.5. The molecule has 1 aliphatic heterocycles. The maximum absolute atomic E-state index is 13.0. The maximum Gasteiger partial charge on any atom is 0.275 e. The number of hydrogen-bond acceptors (Lipinski definition) is 4. The van der Waals surface area contributed by atoms with Crippen molar-refractivity contribution < 1.29 is 4.79 Å². The number of benzene rings is 2. The molecule has 0 spiro atoms. The van der Waals surface area contributed by atoms with Crippen LogP contribution in [0.3, 0.4) is 0 Å². The summed E-state index contributed by atoms with van der Waals surface area (Å²) >= 11 is 13.2. The first kappa shape index (κ1) is 25.6. The van der Waals surface area contributed by atoms with Crippen molar-refractivity contribution in [1.82, 2.24) is 15.2 Å². The first-order valence-electron chi connectivity index (χ1n) is 12.1. The van der Waals surface area contributed by atoms with Gasteiger partial charge in [0.1, 0.15) is 5.69 Å². The number of rotatable bonds is 7. The summed E-state index contributed by atoms with van der Waals surface area (Å²) in [7, 11) is 0. The molecule has 2 heterocycles. The zero-order valence-electron chi connectivity index (χ0n) is 20.1. The van der Waals surface area contributed by atoms with Crippen molar-refractivity contribution in [3.05, 3.63) is 69.6 Å². The minimum absolute atomic E-state index is 0.193. The topological polar surface area (TPSA) is 57.3 Å².